The van der Waals surface area contributed by atoms with Crippen LogP contribution in [0.3, 0.4) is 0 Å². The molecule has 0 bridgehead atoms. The third kappa shape index (κ3) is 6.28. The second-order valence-corrected chi connectivity index (χ2v) is 10.6. The third-order valence-electron chi connectivity index (χ3n) is 4.98. The largest absolute Gasteiger partial charge is 0.496 e. The summed E-state index contributed by atoms with van der Waals surface area (Å²) in [6.45, 7) is 6.97. The number of anilines is 4. The minimum absolute atomic E-state index is 0.155. The number of amides is 1. The zero-order chi connectivity index (χ0) is 25.6. The predicted octanol–water partition coefficient (Wildman–Crippen LogP) is 4.80. The number of sulfone groups is 1. The van der Waals surface area contributed by atoms with E-state index in [1.807, 2.05) is 0 Å². The van der Waals surface area contributed by atoms with Crippen molar-refractivity contribution in [1.82, 2.24) is 9.97 Å². The van der Waals surface area contributed by atoms with Gasteiger partial charge in [-0.3, -0.25) is 4.79 Å². The van der Waals surface area contributed by atoms with E-state index in [1.165, 1.54) is 18.3 Å². The maximum atomic E-state index is 12.8. The second-order valence-electron chi connectivity index (χ2n) is 7.68. The van der Waals surface area contributed by atoms with Crippen LogP contribution in [0.1, 0.15) is 19.4 Å². The molecule has 1 aromatic heterocycles. The van der Waals surface area contributed by atoms with Gasteiger partial charge < -0.3 is 20.7 Å². The molecule has 0 fully saturated rings. The molecule has 184 valence electrons. The molecule has 0 aliphatic rings. The van der Waals surface area contributed by atoms with Crippen molar-refractivity contribution in [2.24, 2.45) is 0 Å². The molecule has 1 amide bonds. The van der Waals surface area contributed by atoms with Crippen LogP contribution < -0.4 is 20.7 Å². The molecule has 0 saturated heterocycles. The number of methoxy groups -OCH3 is 1. The number of halogens is 1. The number of nitrogens with one attached hydrogen (secondary N) is 3. The molecule has 0 atom stereocenters. The van der Waals surface area contributed by atoms with Gasteiger partial charge in [0.15, 0.2) is 15.7 Å². The maximum Gasteiger partial charge on any atom is 0.247 e. The molecule has 0 radical (unpaired) electrons. The van der Waals surface area contributed by atoms with E-state index >= 15 is 0 Å². The number of hydrogen-bond acceptors (Lipinski definition) is 8. The highest BCUT2D eigenvalue weighted by Gasteiger charge is 2.23. The van der Waals surface area contributed by atoms with E-state index in [-0.39, 0.29) is 34.1 Å². The molecular weight excluding hydrogens is 490 g/mol. The fourth-order valence-corrected chi connectivity index (χ4v) is 4.44. The van der Waals surface area contributed by atoms with Crippen LogP contribution in [-0.4, -0.2) is 36.7 Å². The highest BCUT2D eigenvalue weighted by molar-refractivity contribution is 7.92. The summed E-state index contributed by atoms with van der Waals surface area (Å²) in [6.07, 6.45) is 2.60. The van der Waals surface area contributed by atoms with Crippen molar-refractivity contribution in [3.63, 3.8) is 0 Å². The van der Waals surface area contributed by atoms with Crippen LogP contribution >= 0.6 is 11.6 Å². The molecular formula is C24H26ClN5O4S. The molecule has 3 rings (SSSR count). The average Bonchev–Trinajstić information content (AvgIpc) is 2.84. The Kier molecular flexibility index (Phi) is 8.31. The van der Waals surface area contributed by atoms with Crippen LogP contribution in [0.2, 0.25) is 5.02 Å². The summed E-state index contributed by atoms with van der Waals surface area (Å²) in [4.78, 5) is 20.4. The van der Waals surface area contributed by atoms with Gasteiger partial charge in [0.25, 0.3) is 0 Å². The van der Waals surface area contributed by atoms with Gasteiger partial charge in [-0.15, -0.1) is 0 Å². The lowest BCUT2D eigenvalue weighted by Crippen LogP contribution is -2.16. The zero-order valence-corrected chi connectivity index (χ0v) is 21.1. The Morgan fingerprint density at radius 2 is 1.97 bits per heavy atom. The molecule has 1 heterocycles. The molecule has 3 aromatic rings. The Morgan fingerprint density at radius 1 is 1.23 bits per heavy atom. The number of aromatic nitrogens is 2. The van der Waals surface area contributed by atoms with E-state index in [0.29, 0.717) is 17.1 Å². The van der Waals surface area contributed by atoms with Crippen LogP contribution in [0.5, 0.6) is 5.75 Å². The summed E-state index contributed by atoms with van der Waals surface area (Å²) in [6, 6.07) is 11.8. The third-order valence-corrected chi connectivity index (χ3v) is 7.47. The lowest BCUT2D eigenvalue weighted by molar-refractivity contribution is -0.111. The van der Waals surface area contributed by atoms with Gasteiger partial charge in [0.2, 0.25) is 11.9 Å². The maximum absolute atomic E-state index is 12.8. The number of benzene rings is 2. The standard InChI is InChI=1S/C24H26ClN5O4S/c1-5-22(31)28-17-10-11-20(34-4)16(12-17)13-26-24-27-14-18(25)23(30-24)29-19-8-6-7-9-21(19)35(32,33)15(2)3/h5-12,14-15H,1,13H2,2-4H3,(H,28,31)(H2,26,27,29,30). The van der Waals surface area contributed by atoms with Crippen molar-refractivity contribution >= 4 is 50.5 Å². The summed E-state index contributed by atoms with van der Waals surface area (Å²) < 4.78 is 30.9. The van der Waals surface area contributed by atoms with Gasteiger partial charge in [-0.2, -0.15) is 4.98 Å². The van der Waals surface area contributed by atoms with Crippen molar-refractivity contribution in [2.45, 2.75) is 30.5 Å². The predicted molar refractivity (Wildman–Crippen MR) is 138 cm³/mol. The van der Waals surface area contributed by atoms with Crippen molar-refractivity contribution in [3.8, 4) is 5.75 Å². The first kappa shape index (κ1) is 26.0. The molecule has 35 heavy (non-hydrogen) atoms. The fourth-order valence-electron chi connectivity index (χ4n) is 3.10. The number of para-hydroxylation sites is 1. The van der Waals surface area contributed by atoms with Crippen LogP contribution in [0.25, 0.3) is 0 Å². The van der Waals surface area contributed by atoms with Crippen LogP contribution in [0, 0.1) is 0 Å². The summed E-state index contributed by atoms with van der Waals surface area (Å²) in [5.41, 5.74) is 1.69. The van der Waals surface area contributed by atoms with Crippen LogP contribution in [-0.2, 0) is 21.2 Å². The molecule has 0 saturated carbocycles. The topological polar surface area (TPSA) is 122 Å². The van der Waals surface area contributed by atoms with Gasteiger partial charge in [-0.1, -0.05) is 30.3 Å². The van der Waals surface area contributed by atoms with E-state index in [0.717, 1.165) is 5.56 Å². The Morgan fingerprint density at radius 3 is 2.66 bits per heavy atom. The Hall–Kier alpha value is -3.63. The van der Waals surface area contributed by atoms with E-state index in [9.17, 15) is 13.2 Å². The Bertz CT molecular complexity index is 1350. The molecule has 0 aliphatic carbocycles. The van der Waals surface area contributed by atoms with Crippen LogP contribution in [0.4, 0.5) is 23.1 Å². The SMILES string of the molecule is C=CC(=O)Nc1ccc(OC)c(CNc2ncc(Cl)c(Nc3ccccc3S(=O)(=O)C(C)C)n2)c1. The van der Waals surface area contributed by atoms with Crippen molar-refractivity contribution in [2.75, 3.05) is 23.1 Å². The number of rotatable bonds is 10. The van der Waals surface area contributed by atoms with Crippen LogP contribution in [0.15, 0.2) is 66.2 Å². The van der Waals surface area contributed by atoms with Crippen molar-refractivity contribution in [1.29, 1.82) is 0 Å². The molecule has 9 nitrogen and oxygen atoms in total. The van der Waals surface area contributed by atoms with Gasteiger partial charge in [-0.05, 0) is 50.3 Å². The minimum atomic E-state index is -3.53. The average molecular weight is 516 g/mol. The molecule has 0 aliphatic heterocycles. The summed E-state index contributed by atoms with van der Waals surface area (Å²) in [5.74, 6) is 0.776. The van der Waals surface area contributed by atoms with Gasteiger partial charge in [0, 0.05) is 17.8 Å². The van der Waals surface area contributed by atoms with Crippen molar-refractivity contribution in [3.05, 3.63) is 71.9 Å². The number of ether oxygens (including phenoxy) is 1. The molecule has 0 spiro atoms. The summed E-state index contributed by atoms with van der Waals surface area (Å²) >= 11 is 6.29. The van der Waals surface area contributed by atoms with E-state index < -0.39 is 15.1 Å². The smallest absolute Gasteiger partial charge is 0.247 e. The number of carbonyl (C=O) groups excluding carboxylic acids is 1. The van der Waals surface area contributed by atoms with E-state index in [2.05, 4.69) is 32.5 Å². The van der Waals surface area contributed by atoms with Gasteiger partial charge >= 0.3 is 0 Å². The highest BCUT2D eigenvalue weighted by Crippen LogP contribution is 2.30. The molecule has 3 N–H and O–H groups in total. The van der Waals surface area contributed by atoms with Crippen molar-refractivity contribution < 1.29 is 17.9 Å². The van der Waals surface area contributed by atoms with Gasteiger partial charge in [0.05, 0.1) is 29.1 Å². The van der Waals surface area contributed by atoms with E-state index in [1.54, 1.807) is 57.4 Å². The highest BCUT2D eigenvalue weighted by atomic mass is 35.5. The monoisotopic (exact) mass is 515 g/mol. The lowest BCUT2D eigenvalue weighted by atomic mass is 10.1. The second kappa shape index (κ2) is 11.2. The number of nitrogens with zero attached hydrogens (tertiary/aromatic N) is 2. The lowest BCUT2D eigenvalue weighted by Gasteiger charge is -2.15. The zero-order valence-electron chi connectivity index (χ0n) is 19.5. The summed E-state index contributed by atoms with van der Waals surface area (Å²) in [5, 5.41) is 8.44. The quantitative estimate of drug-likeness (QED) is 0.329. The normalized spacial score (nSPS) is 11.1. The van der Waals surface area contributed by atoms with Gasteiger partial charge in [-0.25, -0.2) is 13.4 Å². The first-order valence-corrected chi connectivity index (χ1v) is 12.5. The van der Waals surface area contributed by atoms with E-state index in [4.69, 9.17) is 16.3 Å². The number of carbonyl (C=O) groups is 1. The first-order valence-electron chi connectivity index (χ1n) is 10.6. The number of hydrogen-bond donors (Lipinski definition) is 3. The molecule has 11 heteroatoms. The Balaban J connectivity index is 1.84. The molecule has 0 unspecified atom stereocenters. The van der Waals surface area contributed by atoms with Gasteiger partial charge in [0.1, 0.15) is 10.8 Å². The fraction of sp³-hybridized carbons (Fsp3) is 0.208. The summed E-state index contributed by atoms with van der Waals surface area (Å²) in [7, 11) is -1.99. The molecule has 2 aromatic carbocycles. The Labute approximate surface area is 209 Å². The minimum Gasteiger partial charge on any atom is -0.496 e. The first-order chi connectivity index (χ1) is 16.6.